The van der Waals surface area contributed by atoms with E-state index >= 15 is 0 Å². The number of nitrogens with zero attached hydrogens (tertiary/aromatic N) is 1. The monoisotopic (exact) mass is 343 g/mol. The van der Waals surface area contributed by atoms with Gasteiger partial charge in [-0.25, -0.2) is 5.26 Å². The molecule has 3 N–H and O–H groups in total. The molecule has 0 rings (SSSR count). The molecule has 0 radical (unpaired) electrons. The van der Waals surface area contributed by atoms with Crippen LogP contribution in [-0.4, -0.2) is 17.8 Å². The van der Waals surface area contributed by atoms with Crippen molar-refractivity contribution in [3.63, 3.8) is 0 Å². The zero-order valence-electron chi connectivity index (χ0n) is 13.6. The summed E-state index contributed by atoms with van der Waals surface area (Å²) >= 11 is 3.34. The Bertz CT molecular complexity index is 300. The molecule has 0 spiro atoms. The van der Waals surface area contributed by atoms with E-state index in [9.17, 15) is 0 Å². The number of rotatable bonds is 11. The van der Waals surface area contributed by atoms with E-state index in [2.05, 4.69) is 54.6 Å². The minimum Gasteiger partial charge on any atom is -0.330 e. The summed E-state index contributed by atoms with van der Waals surface area (Å²) < 4.78 is 0. The largest absolute Gasteiger partial charge is 0.420 e. The number of halogens is 1. The molecule has 3 nitrogen and oxygen atoms in total. The number of unbranched alkanes of at least 4 members (excludes halogenated alkanes) is 5. The Kier molecular flexibility index (Phi) is 9.79. The predicted molar refractivity (Wildman–Crippen MR) is 92.7 cm³/mol. The number of hydrogen-bond donors (Lipinski definition) is 2. The third kappa shape index (κ3) is 7.66. The molecular formula is C15H31BBrN3. The molecule has 0 aromatic rings. The lowest BCUT2D eigenvalue weighted by Gasteiger charge is -2.43. The molecule has 0 aromatic heterocycles. The second kappa shape index (κ2) is 9.81. The molecule has 0 atom stereocenters. The van der Waals surface area contributed by atoms with Crippen LogP contribution in [0.5, 0.6) is 0 Å². The zero-order valence-corrected chi connectivity index (χ0v) is 15.2. The minimum absolute atomic E-state index is 0.0730. The van der Waals surface area contributed by atoms with E-state index in [1.54, 1.807) is 0 Å². The molecule has 0 bridgehead atoms. The molecule has 0 amide bonds. The third-order valence-corrected chi connectivity index (χ3v) is 4.98. The molecule has 0 aliphatic rings. The molecule has 0 aliphatic heterocycles. The molecule has 0 aromatic carbocycles. The van der Waals surface area contributed by atoms with E-state index in [1.165, 1.54) is 38.5 Å². The Morgan fingerprint density at radius 1 is 1.05 bits per heavy atom. The molecule has 0 heterocycles. The van der Waals surface area contributed by atoms with Gasteiger partial charge < -0.3 is 11.0 Å². The SMILES string of the molecule is CC(C)(CCCCCCCCN)C(C)(C)NB(Br)C#N. The van der Waals surface area contributed by atoms with Crippen LogP contribution in [0.4, 0.5) is 0 Å². The maximum absolute atomic E-state index is 8.91. The summed E-state index contributed by atoms with van der Waals surface area (Å²) in [5.74, 6) is 2.18. The fraction of sp³-hybridized carbons (Fsp3) is 0.933. The van der Waals surface area contributed by atoms with Gasteiger partial charge in [0, 0.05) is 11.5 Å². The summed E-state index contributed by atoms with van der Waals surface area (Å²) in [5.41, 5.74) is 5.29. The Hall–Kier alpha value is -0.0451. The second-order valence-electron chi connectivity index (χ2n) is 6.80. The van der Waals surface area contributed by atoms with Gasteiger partial charge in [-0.3, -0.25) is 0 Å². The van der Waals surface area contributed by atoms with Crippen molar-refractivity contribution in [2.75, 3.05) is 6.54 Å². The summed E-state index contributed by atoms with van der Waals surface area (Å²) in [6.45, 7) is 9.75. The van der Waals surface area contributed by atoms with Crippen LogP contribution in [0.25, 0.3) is 0 Å². The highest BCUT2D eigenvalue weighted by Gasteiger charge is 2.38. The average Bonchev–Trinajstić information content (AvgIpc) is 2.36. The van der Waals surface area contributed by atoms with Crippen LogP contribution >= 0.6 is 15.8 Å². The fourth-order valence-corrected chi connectivity index (χ4v) is 2.85. The lowest BCUT2D eigenvalue weighted by molar-refractivity contribution is 0.162. The first-order valence-electron chi connectivity index (χ1n) is 7.78. The van der Waals surface area contributed by atoms with Crippen molar-refractivity contribution in [1.29, 1.82) is 5.26 Å². The smallest absolute Gasteiger partial charge is 0.330 e. The van der Waals surface area contributed by atoms with Gasteiger partial charge in [-0.05, 0) is 38.6 Å². The van der Waals surface area contributed by atoms with Crippen LogP contribution in [-0.2, 0) is 0 Å². The van der Waals surface area contributed by atoms with E-state index in [0.29, 0.717) is 0 Å². The van der Waals surface area contributed by atoms with Crippen molar-refractivity contribution >= 4 is 21.4 Å². The van der Waals surface area contributed by atoms with E-state index in [1.807, 2.05) is 0 Å². The Balaban J connectivity index is 4.02. The first-order valence-corrected chi connectivity index (χ1v) is 8.70. The molecule has 0 unspecified atom stereocenters. The van der Waals surface area contributed by atoms with Crippen LogP contribution in [0.3, 0.4) is 0 Å². The van der Waals surface area contributed by atoms with Crippen LogP contribution in [0.2, 0.25) is 0 Å². The molecule has 116 valence electrons. The van der Waals surface area contributed by atoms with E-state index in [4.69, 9.17) is 11.0 Å². The average molecular weight is 344 g/mol. The van der Waals surface area contributed by atoms with Crippen LogP contribution in [0.15, 0.2) is 0 Å². The molecular weight excluding hydrogens is 313 g/mol. The van der Waals surface area contributed by atoms with Crippen molar-refractivity contribution < 1.29 is 0 Å². The van der Waals surface area contributed by atoms with Gasteiger partial charge >= 0.3 is 5.67 Å². The lowest BCUT2D eigenvalue weighted by Crippen LogP contribution is -2.55. The highest BCUT2D eigenvalue weighted by atomic mass is 79.9. The van der Waals surface area contributed by atoms with Crippen molar-refractivity contribution in [3.05, 3.63) is 0 Å². The first kappa shape index (κ1) is 20.0. The molecule has 20 heavy (non-hydrogen) atoms. The Morgan fingerprint density at radius 3 is 2.05 bits per heavy atom. The Morgan fingerprint density at radius 2 is 1.55 bits per heavy atom. The highest BCUT2D eigenvalue weighted by molar-refractivity contribution is 9.24. The van der Waals surface area contributed by atoms with Crippen molar-refractivity contribution in [2.45, 2.75) is 78.2 Å². The van der Waals surface area contributed by atoms with Gasteiger partial charge in [0.15, 0.2) is 0 Å². The summed E-state index contributed by atoms with van der Waals surface area (Å²) in [7, 11) is 0. The van der Waals surface area contributed by atoms with Crippen LogP contribution in [0.1, 0.15) is 72.6 Å². The molecule has 0 saturated heterocycles. The zero-order chi connectivity index (χ0) is 15.6. The normalized spacial score (nSPS) is 12.2. The third-order valence-electron chi connectivity index (χ3n) is 4.55. The summed E-state index contributed by atoms with van der Waals surface area (Å²) in [4.78, 5) is 0. The van der Waals surface area contributed by atoms with Crippen LogP contribution < -0.4 is 11.0 Å². The van der Waals surface area contributed by atoms with Gasteiger partial charge in [0.05, 0.1) is 0 Å². The standard InChI is InChI=1S/C15H31BBrN3/c1-14(2,15(3,4)20-16(17)13-19)11-9-7-5-6-8-10-12-18/h20H,5-12,18H2,1-4H3. The van der Waals surface area contributed by atoms with Crippen LogP contribution in [0, 0.1) is 16.6 Å². The van der Waals surface area contributed by atoms with E-state index < -0.39 is 0 Å². The fourth-order valence-electron chi connectivity index (χ4n) is 2.28. The van der Waals surface area contributed by atoms with Gasteiger partial charge in [-0.1, -0.05) is 46.0 Å². The molecule has 0 aliphatic carbocycles. The number of nitrogens with one attached hydrogen (secondary N) is 1. The predicted octanol–water partition coefficient (Wildman–Crippen LogP) is 4.02. The minimum atomic E-state index is -0.284. The number of nitriles is 1. The Labute approximate surface area is 134 Å². The number of nitrogens with two attached hydrogens (primary N) is 1. The van der Waals surface area contributed by atoms with Gasteiger partial charge in [0.1, 0.15) is 0 Å². The summed E-state index contributed by atoms with van der Waals surface area (Å²) in [6, 6.07) is 0. The van der Waals surface area contributed by atoms with E-state index in [0.717, 1.165) is 13.0 Å². The summed E-state index contributed by atoms with van der Waals surface area (Å²) in [6.07, 6.45) is 8.75. The quantitative estimate of drug-likeness (QED) is 0.440. The van der Waals surface area contributed by atoms with Gasteiger partial charge in [-0.2, -0.15) is 0 Å². The van der Waals surface area contributed by atoms with Gasteiger partial charge in [-0.15, -0.1) is 15.8 Å². The molecule has 0 fully saturated rings. The second-order valence-corrected chi connectivity index (χ2v) is 7.72. The van der Waals surface area contributed by atoms with Gasteiger partial charge in [0.2, 0.25) is 0 Å². The maximum atomic E-state index is 8.91. The molecule has 0 saturated carbocycles. The topological polar surface area (TPSA) is 61.8 Å². The number of hydrogen-bond acceptors (Lipinski definition) is 3. The van der Waals surface area contributed by atoms with Crippen molar-refractivity contribution in [2.24, 2.45) is 11.1 Å². The maximum Gasteiger partial charge on any atom is 0.420 e. The first-order chi connectivity index (χ1) is 9.27. The lowest BCUT2D eigenvalue weighted by atomic mass is 9.69. The highest BCUT2D eigenvalue weighted by Crippen LogP contribution is 2.36. The van der Waals surface area contributed by atoms with Crippen molar-refractivity contribution in [1.82, 2.24) is 5.23 Å². The van der Waals surface area contributed by atoms with E-state index in [-0.39, 0.29) is 16.6 Å². The summed E-state index contributed by atoms with van der Waals surface area (Å²) in [5, 5.41) is 12.3. The molecule has 5 heteroatoms. The van der Waals surface area contributed by atoms with Crippen molar-refractivity contribution in [3.8, 4) is 5.97 Å². The van der Waals surface area contributed by atoms with Gasteiger partial charge in [0.25, 0.3) is 0 Å².